The first-order chi connectivity index (χ1) is 9.53. The summed E-state index contributed by atoms with van der Waals surface area (Å²) in [5.74, 6) is 1.35. The van der Waals surface area contributed by atoms with Crippen molar-refractivity contribution in [3.05, 3.63) is 34.9 Å². The van der Waals surface area contributed by atoms with E-state index in [0.29, 0.717) is 11.8 Å². The summed E-state index contributed by atoms with van der Waals surface area (Å²) < 4.78 is 0. The molecule has 1 N–H and O–H groups in total. The molecule has 4 rings (SSSR count). The molecule has 108 valence electrons. The quantitative estimate of drug-likeness (QED) is 0.685. The standard InChI is InChI=1S/C19H26O/c1-18-11-9-15-14-6-4-3-5-13(14)7-8-16(15)17(18)10-12-19(18,2)20/h5,9,11,16-17,20H,3-4,6-8,10,12H2,1-2H3/t16?,17?,18?,19-/m0/s1. The highest BCUT2D eigenvalue weighted by molar-refractivity contribution is 5.48. The van der Waals surface area contributed by atoms with Gasteiger partial charge in [0.15, 0.2) is 0 Å². The number of allylic oxidation sites excluding steroid dienone is 5. The molecule has 0 radical (unpaired) electrons. The largest absolute Gasteiger partial charge is 0.389 e. The van der Waals surface area contributed by atoms with Gasteiger partial charge in [-0.05, 0) is 80.4 Å². The third kappa shape index (κ3) is 1.53. The normalized spacial score (nSPS) is 46.6. The third-order valence-electron chi connectivity index (χ3n) is 6.85. The number of rotatable bonds is 0. The van der Waals surface area contributed by atoms with E-state index in [1.165, 1.54) is 38.5 Å². The maximum absolute atomic E-state index is 10.8. The van der Waals surface area contributed by atoms with Crippen molar-refractivity contribution >= 4 is 0 Å². The zero-order valence-corrected chi connectivity index (χ0v) is 12.8. The fourth-order valence-electron chi connectivity index (χ4n) is 5.34. The molecule has 0 spiro atoms. The van der Waals surface area contributed by atoms with Crippen LogP contribution < -0.4 is 0 Å². The molecule has 1 heteroatoms. The molecule has 4 aliphatic rings. The first-order valence-corrected chi connectivity index (χ1v) is 8.37. The molecule has 1 nitrogen and oxygen atoms in total. The zero-order chi connectivity index (χ0) is 14.0. The van der Waals surface area contributed by atoms with Crippen molar-refractivity contribution in [1.82, 2.24) is 0 Å². The number of hydrogen-bond donors (Lipinski definition) is 1. The van der Waals surface area contributed by atoms with Crippen LogP contribution in [0, 0.1) is 17.3 Å². The molecule has 0 saturated heterocycles. The van der Waals surface area contributed by atoms with Crippen LogP contribution >= 0.6 is 0 Å². The molecule has 0 aromatic rings. The molecule has 0 aromatic carbocycles. The van der Waals surface area contributed by atoms with Crippen LogP contribution in [0.4, 0.5) is 0 Å². The second-order valence-electron chi connectivity index (χ2n) is 7.74. The van der Waals surface area contributed by atoms with E-state index in [1.807, 2.05) is 6.92 Å². The Morgan fingerprint density at radius 2 is 2.05 bits per heavy atom. The van der Waals surface area contributed by atoms with E-state index in [1.54, 1.807) is 16.7 Å². The van der Waals surface area contributed by atoms with Gasteiger partial charge < -0.3 is 5.11 Å². The molecule has 0 aromatic heterocycles. The van der Waals surface area contributed by atoms with E-state index in [4.69, 9.17) is 0 Å². The lowest BCUT2D eigenvalue weighted by atomic mass is 9.58. The van der Waals surface area contributed by atoms with E-state index < -0.39 is 5.60 Å². The summed E-state index contributed by atoms with van der Waals surface area (Å²) in [6.45, 7) is 4.33. The van der Waals surface area contributed by atoms with E-state index in [9.17, 15) is 5.11 Å². The Bertz CT molecular complexity index is 534. The van der Waals surface area contributed by atoms with Crippen molar-refractivity contribution in [3.8, 4) is 0 Å². The van der Waals surface area contributed by atoms with Gasteiger partial charge in [0.05, 0.1) is 5.60 Å². The van der Waals surface area contributed by atoms with Gasteiger partial charge in [0.1, 0.15) is 0 Å². The highest BCUT2D eigenvalue weighted by atomic mass is 16.3. The maximum Gasteiger partial charge on any atom is 0.0710 e. The van der Waals surface area contributed by atoms with Crippen molar-refractivity contribution in [2.45, 2.75) is 64.4 Å². The minimum Gasteiger partial charge on any atom is -0.389 e. The van der Waals surface area contributed by atoms with Gasteiger partial charge in [-0.2, -0.15) is 0 Å². The molecule has 1 saturated carbocycles. The molecule has 1 fully saturated rings. The van der Waals surface area contributed by atoms with Crippen LogP contribution in [-0.4, -0.2) is 10.7 Å². The SMILES string of the molecule is CC12C=CC3=C4CCCC=C4CCC3C1CC[C@]2(C)O. The van der Waals surface area contributed by atoms with Crippen LogP contribution in [0.3, 0.4) is 0 Å². The monoisotopic (exact) mass is 270 g/mol. The average Bonchev–Trinajstić information content (AvgIpc) is 2.69. The summed E-state index contributed by atoms with van der Waals surface area (Å²) >= 11 is 0. The Balaban J connectivity index is 1.83. The van der Waals surface area contributed by atoms with Crippen molar-refractivity contribution < 1.29 is 5.11 Å². The molecule has 0 heterocycles. The lowest BCUT2D eigenvalue weighted by molar-refractivity contribution is -0.0341. The molecule has 20 heavy (non-hydrogen) atoms. The Labute approximate surface area is 122 Å². The predicted molar refractivity (Wildman–Crippen MR) is 82.3 cm³/mol. The summed E-state index contributed by atoms with van der Waals surface area (Å²) in [5, 5.41) is 10.8. The van der Waals surface area contributed by atoms with Gasteiger partial charge in [0, 0.05) is 5.41 Å². The fourth-order valence-corrected chi connectivity index (χ4v) is 5.34. The van der Waals surface area contributed by atoms with Crippen molar-refractivity contribution in [1.29, 1.82) is 0 Å². The summed E-state index contributed by atoms with van der Waals surface area (Å²) in [6, 6.07) is 0. The van der Waals surface area contributed by atoms with Gasteiger partial charge in [-0.25, -0.2) is 0 Å². The van der Waals surface area contributed by atoms with Crippen molar-refractivity contribution in [3.63, 3.8) is 0 Å². The molecule has 4 aliphatic carbocycles. The Morgan fingerprint density at radius 1 is 1.20 bits per heavy atom. The van der Waals surface area contributed by atoms with Crippen LogP contribution in [0.5, 0.6) is 0 Å². The first-order valence-electron chi connectivity index (χ1n) is 8.37. The van der Waals surface area contributed by atoms with E-state index in [-0.39, 0.29) is 5.41 Å². The van der Waals surface area contributed by atoms with E-state index in [0.717, 1.165) is 6.42 Å². The van der Waals surface area contributed by atoms with Gasteiger partial charge in [0.25, 0.3) is 0 Å². The van der Waals surface area contributed by atoms with Gasteiger partial charge in [0.2, 0.25) is 0 Å². The second kappa shape index (κ2) is 4.10. The van der Waals surface area contributed by atoms with Gasteiger partial charge in [-0.15, -0.1) is 0 Å². The highest BCUT2D eigenvalue weighted by Gasteiger charge is 2.56. The summed E-state index contributed by atoms with van der Waals surface area (Å²) in [7, 11) is 0. The van der Waals surface area contributed by atoms with Crippen LogP contribution in [0.2, 0.25) is 0 Å². The van der Waals surface area contributed by atoms with Gasteiger partial charge in [-0.3, -0.25) is 0 Å². The Kier molecular flexibility index (Phi) is 2.64. The topological polar surface area (TPSA) is 20.2 Å². The van der Waals surface area contributed by atoms with Gasteiger partial charge in [-0.1, -0.05) is 25.2 Å². The van der Waals surface area contributed by atoms with Crippen molar-refractivity contribution in [2.75, 3.05) is 0 Å². The smallest absolute Gasteiger partial charge is 0.0710 e. The van der Waals surface area contributed by atoms with Crippen LogP contribution in [0.15, 0.2) is 34.9 Å². The van der Waals surface area contributed by atoms with E-state index >= 15 is 0 Å². The third-order valence-corrected chi connectivity index (χ3v) is 6.85. The molecule has 4 atom stereocenters. The summed E-state index contributed by atoms with van der Waals surface area (Å²) in [6.07, 6.45) is 15.8. The molecule has 3 unspecified atom stereocenters. The zero-order valence-electron chi connectivity index (χ0n) is 12.8. The minimum absolute atomic E-state index is 0.0163. The lowest BCUT2D eigenvalue weighted by Crippen LogP contribution is -2.45. The first kappa shape index (κ1) is 12.9. The van der Waals surface area contributed by atoms with E-state index in [2.05, 4.69) is 25.2 Å². The van der Waals surface area contributed by atoms with Gasteiger partial charge >= 0.3 is 0 Å². The number of fused-ring (bicyclic) bond motifs is 4. The van der Waals surface area contributed by atoms with Crippen LogP contribution in [0.1, 0.15) is 58.8 Å². The predicted octanol–water partition coefficient (Wildman–Crippen LogP) is 4.54. The lowest BCUT2D eigenvalue weighted by Gasteiger charge is -2.47. The molecule has 0 amide bonds. The second-order valence-corrected chi connectivity index (χ2v) is 7.74. The van der Waals surface area contributed by atoms with Crippen LogP contribution in [0.25, 0.3) is 0 Å². The summed E-state index contributed by atoms with van der Waals surface area (Å²) in [4.78, 5) is 0. The van der Waals surface area contributed by atoms with Crippen LogP contribution in [-0.2, 0) is 0 Å². The Hall–Kier alpha value is -0.820. The molecule has 0 aliphatic heterocycles. The maximum atomic E-state index is 10.8. The number of hydrogen-bond acceptors (Lipinski definition) is 1. The minimum atomic E-state index is -0.521. The Morgan fingerprint density at radius 3 is 2.90 bits per heavy atom. The average molecular weight is 270 g/mol. The highest BCUT2D eigenvalue weighted by Crippen LogP contribution is 2.60. The molecular weight excluding hydrogens is 244 g/mol. The molecular formula is C19H26O. The number of aliphatic hydroxyl groups is 1. The summed E-state index contributed by atoms with van der Waals surface area (Å²) in [5.41, 5.74) is 4.39. The van der Waals surface area contributed by atoms with Crippen molar-refractivity contribution in [2.24, 2.45) is 17.3 Å². The fraction of sp³-hybridized carbons (Fsp3) is 0.684. The molecule has 0 bridgehead atoms.